The molecule has 0 radical (unpaired) electrons. The van der Waals surface area contributed by atoms with Crippen LogP contribution in [0, 0.1) is 11.7 Å². The molecule has 4 rings (SSSR count). The van der Waals surface area contributed by atoms with E-state index in [9.17, 15) is 4.79 Å². The lowest BCUT2D eigenvalue weighted by Gasteiger charge is -2.27. The highest BCUT2D eigenvalue weighted by Crippen LogP contribution is 2.34. The smallest absolute Gasteiger partial charge is 0.240 e. The number of aryl methyl sites for hydroxylation is 1. The molecule has 1 amide bonds. The van der Waals surface area contributed by atoms with E-state index in [0.717, 1.165) is 33.3 Å². The standard InChI is InChI=1S/C20H19BrN4O2S/c1-12-3-2-4-13(9-12)19-23-24-20(28)25(19)11-18(26)22-16-7-8-27-17-6-5-14(21)10-15(16)17/h2-6,9-10,16H,7-8,11H2,1H3,(H,22,26)(H,24,28). The van der Waals surface area contributed by atoms with Crippen LogP contribution in [0.1, 0.15) is 23.6 Å². The van der Waals surface area contributed by atoms with Crippen LogP contribution in [0.3, 0.4) is 0 Å². The second-order valence-corrected chi connectivity index (χ2v) is 8.05. The van der Waals surface area contributed by atoms with E-state index in [1.54, 1.807) is 4.57 Å². The highest BCUT2D eigenvalue weighted by molar-refractivity contribution is 9.10. The number of amides is 1. The van der Waals surface area contributed by atoms with Crippen molar-refractivity contribution in [3.05, 3.63) is 62.8 Å². The monoisotopic (exact) mass is 458 g/mol. The van der Waals surface area contributed by atoms with Gasteiger partial charge in [-0.1, -0.05) is 39.7 Å². The average molecular weight is 459 g/mol. The highest BCUT2D eigenvalue weighted by atomic mass is 79.9. The lowest BCUT2D eigenvalue weighted by atomic mass is 10.0. The Balaban J connectivity index is 1.56. The summed E-state index contributed by atoms with van der Waals surface area (Å²) >= 11 is 8.83. The van der Waals surface area contributed by atoms with E-state index >= 15 is 0 Å². The van der Waals surface area contributed by atoms with E-state index in [1.165, 1.54) is 0 Å². The van der Waals surface area contributed by atoms with Crippen LogP contribution in [-0.2, 0) is 11.3 Å². The lowest BCUT2D eigenvalue weighted by Crippen LogP contribution is -2.34. The molecule has 0 aliphatic carbocycles. The van der Waals surface area contributed by atoms with E-state index in [4.69, 9.17) is 17.0 Å². The number of ether oxygens (including phenoxy) is 1. The second kappa shape index (κ2) is 7.89. The number of benzene rings is 2. The van der Waals surface area contributed by atoms with Crippen molar-refractivity contribution in [3.63, 3.8) is 0 Å². The Morgan fingerprint density at radius 3 is 3.07 bits per heavy atom. The van der Waals surface area contributed by atoms with E-state index in [-0.39, 0.29) is 18.5 Å². The fourth-order valence-corrected chi connectivity index (χ4v) is 3.94. The summed E-state index contributed by atoms with van der Waals surface area (Å²) in [6.45, 7) is 2.68. The van der Waals surface area contributed by atoms with Gasteiger partial charge >= 0.3 is 0 Å². The van der Waals surface area contributed by atoms with Crippen molar-refractivity contribution in [1.29, 1.82) is 0 Å². The van der Waals surface area contributed by atoms with Crippen LogP contribution in [0.15, 0.2) is 46.9 Å². The summed E-state index contributed by atoms with van der Waals surface area (Å²) in [6, 6.07) is 13.7. The summed E-state index contributed by atoms with van der Waals surface area (Å²) in [5.41, 5.74) is 3.01. The summed E-state index contributed by atoms with van der Waals surface area (Å²) in [5, 5.41) is 10.2. The first-order chi connectivity index (χ1) is 13.5. The van der Waals surface area contributed by atoms with E-state index in [0.29, 0.717) is 17.2 Å². The normalized spacial score (nSPS) is 15.6. The van der Waals surface area contributed by atoms with Gasteiger partial charge in [0.15, 0.2) is 10.6 Å². The number of aromatic nitrogens is 3. The molecule has 1 aliphatic rings. The Kier molecular flexibility index (Phi) is 5.32. The molecule has 6 nitrogen and oxygen atoms in total. The molecule has 1 atom stereocenters. The van der Waals surface area contributed by atoms with Crippen molar-refractivity contribution in [2.24, 2.45) is 0 Å². The van der Waals surface area contributed by atoms with Gasteiger partial charge in [0, 0.05) is 22.0 Å². The molecule has 2 aromatic carbocycles. The second-order valence-electron chi connectivity index (χ2n) is 6.75. The Morgan fingerprint density at radius 1 is 1.39 bits per heavy atom. The third-order valence-corrected chi connectivity index (χ3v) is 5.49. The third kappa shape index (κ3) is 3.88. The van der Waals surface area contributed by atoms with Gasteiger partial charge in [-0.15, -0.1) is 0 Å². The zero-order chi connectivity index (χ0) is 19.7. The quantitative estimate of drug-likeness (QED) is 0.571. The Bertz CT molecular complexity index is 1090. The van der Waals surface area contributed by atoms with Crippen molar-refractivity contribution in [1.82, 2.24) is 20.1 Å². The van der Waals surface area contributed by atoms with Crippen LogP contribution in [0.25, 0.3) is 11.4 Å². The van der Waals surface area contributed by atoms with Gasteiger partial charge in [0.2, 0.25) is 5.91 Å². The van der Waals surface area contributed by atoms with Gasteiger partial charge in [-0.05, 0) is 43.4 Å². The molecule has 0 spiro atoms. The van der Waals surface area contributed by atoms with Crippen molar-refractivity contribution in [2.45, 2.75) is 25.9 Å². The van der Waals surface area contributed by atoms with Crippen molar-refractivity contribution in [2.75, 3.05) is 6.61 Å². The van der Waals surface area contributed by atoms with Crippen molar-refractivity contribution in [3.8, 4) is 17.1 Å². The maximum Gasteiger partial charge on any atom is 0.240 e. The number of hydrogen-bond acceptors (Lipinski definition) is 4. The van der Waals surface area contributed by atoms with Gasteiger partial charge in [-0.2, -0.15) is 5.10 Å². The van der Waals surface area contributed by atoms with E-state index in [1.807, 2.05) is 49.4 Å². The predicted molar refractivity (Wildman–Crippen MR) is 113 cm³/mol. The molecule has 28 heavy (non-hydrogen) atoms. The number of nitrogens with zero attached hydrogens (tertiary/aromatic N) is 2. The number of rotatable bonds is 4. The van der Waals surface area contributed by atoms with Gasteiger partial charge in [0.05, 0.1) is 12.6 Å². The number of carbonyl (C=O) groups excluding carboxylic acids is 1. The molecule has 0 saturated carbocycles. The molecule has 8 heteroatoms. The molecule has 1 unspecified atom stereocenters. The first kappa shape index (κ1) is 18.9. The molecular formula is C20H19BrN4O2S. The lowest BCUT2D eigenvalue weighted by molar-refractivity contribution is -0.122. The third-order valence-electron chi connectivity index (χ3n) is 4.68. The minimum absolute atomic E-state index is 0.0965. The van der Waals surface area contributed by atoms with E-state index < -0.39 is 0 Å². The Labute approximate surface area is 176 Å². The number of nitrogens with one attached hydrogen (secondary N) is 2. The van der Waals surface area contributed by atoms with E-state index in [2.05, 4.69) is 31.4 Å². The topological polar surface area (TPSA) is 71.9 Å². The minimum Gasteiger partial charge on any atom is -0.493 e. The maximum atomic E-state index is 12.8. The molecule has 1 aliphatic heterocycles. The van der Waals surface area contributed by atoms with Crippen LogP contribution in [0.2, 0.25) is 0 Å². The molecule has 144 valence electrons. The maximum absolute atomic E-state index is 12.8. The molecule has 3 aromatic rings. The molecule has 1 aromatic heterocycles. The zero-order valence-electron chi connectivity index (χ0n) is 15.2. The first-order valence-corrected chi connectivity index (χ1v) is 10.2. The van der Waals surface area contributed by atoms with Crippen molar-refractivity contribution < 1.29 is 9.53 Å². The van der Waals surface area contributed by atoms with Gasteiger partial charge in [-0.3, -0.25) is 14.5 Å². The van der Waals surface area contributed by atoms with Crippen LogP contribution in [0.4, 0.5) is 0 Å². The molecule has 0 bridgehead atoms. The number of aromatic amines is 1. The van der Waals surface area contributed by atoms with Crippen LogP contribution < -0.4 is 10.1 Å². The fraction of sp³-hybridized carbons (Fsp3) is 0.250. The van der Waals surface area contributed by atoms with Gasteiger partial charge < -0.3 is 10.1 Å². The summed E-state index contributed by atoms with van der Waals surface area (Å²) in [4.78, 5) is 12.8. The highest BCUT2D eigenvalue weighted by Gasteiger charge is 2.24. The molecular weight excluding hydrogens is 440 g/mol. The Hall–Kier alpha value is -2.45. The summed E-state index contributed by atoms with van der Waals surface area (Å²) in [7, 11) is 0. The number of hydrogen-bond donors (Lipinski definition) is 2. The zero-order valence-corrected chi connectivity index (χ0v) is 17.6. The molecule has 0 saturated heterocycles. The molecule has 2 N–H and O–H groups in total. The predicted octanol–water partition coefficient (Wildman–Crippen LogP) is 4.32. The van der Waals surface area contributed by atoms with Crippen LogP contribution in [0.5, 0.6) is 5.75 Å². The van der Waals surface area contributed by atoms with Crippen LogP contribution in [-0.4, -0.2) is 27.3 Å². The summed E-state index contributed by atoms with van der Waals surface area (Å²) in [6.07, 6.45) is 0.719. The Morgan fingerprint density at radius 2 is 2.25 bits per heavy atom. The number of fused-ring (bicyclic) bond motifs is 1. The van der Waals surface area contributed by atoms with Gasteiger partial charge in [0.25, 0.3) is 0 Å². The number of halogens is 1. The average Bonchev–Trinajstić information content (AvgIpc) is 3.02. The number of carbonyl (C=O) groups is 1. The van der Waals surface area contributed by atoms with Gasteiger partial charge in [-0.25, -0.2) is 0 Å². The number of H-pyrrole nitrogens is 1. The SMILES string of the molecule is Cc1cccc(-c2n[nH]c(=S)n2CC(=O)NC2CCOc3ccc(Br)cc32)c1. The van der Waals surface area contributed by atoms with Crippen molar-refractivity contribution >= 4 is 34.1 Å². The minimum atomic E-state index is -0.121. The fourth-order valence-electron chi connectivity index (χ4n) is 3.37. The largest absolute Gasteiger partial charge is 0.493 e. The van der Waals surface area contributed by atoms with Gasteiger partial charge in [0.1, 0.15) is 12.3 Å². The molecule has 2 heterocycles. The summed E-state index contributed by atoms with van der Waals surface area (Å²) in [5.74, 6) is 1.34. The molecule has 0 fully saturated rings. The summed E-state index contributed by atoms with van der Waals surface area (Å²) < 4.78 is 8.79. The first-order valence-electron chi connectivity index (χ1n) is 8.95. The van der Waals surface area contributed by atoms with Crippen LogP contribution >= 0.6 is 28.1 Å².